The Morgan fingerprint density at radius 2 is 1.80 bits per heavy atom. The fourth-order valence-corrected chi connectivity index (χ4v) is 3.98. The Balaban J connectivity index is 1.59. The van der Waals surface area contributed by atoms with E-state index in [1.54, 1.807) is 24.3 Å². The van der Waals surface area contributed by atoms with Gasteiger partial charge in [0, 0.05) is 10.6 Å². The van der Waals surface area contributed by atoms with Gasteiger partial charge in [0.25, 0.3) is 5.89 Å². The van der Waals surface area contributed by atoms with Crippen LogP contribution in [0.2, 0.25) is 15.1 Å². The highest BCUT2D eigenvalue weighted by Gasteiger charge is 2.24. The number of nitrogens with zero attached hydrogens (tertiary/aromatic N) is 2. The van der Waals surface area contributed by atoms with Crippen molar-refractivity contribution in [2.24, 2.45) is 0 Å². The largest absolute Gasteiger partial charge is 0.454 e. The van der Waals surface area contributed by atoms with Gasteiger partial charge in [-0.2, -0.15) is 4.72 Å². The van der Waals surface area contributed by atoms with E-state index in [0.717, 1.165) is 0 Å². The van der Waals surface area contributed by atoms with Crippen LogP contribution in [0.25, 0.3) is 11.5 Å². The molecule has 0 radical (unpaired) electrons. The van der Waals surface area contributed by atoms with Gasteiger partial charge >= 0.3 is 5.97 Å². The average Bonchev–Trinajstić information content (AvgIpc) is 3.17. The fourth-order valence-electron chi connectivity index (χ4n) is 2.27. The Hall–Kier alpha value is -2.17. The molecule has 8 nitrogen and oxygen atoms in total. The molecule has 3 rings (SSSR count). The summed E-state index contributed by atoms with van der Waals surface area (Å²) in [6, 6.07) is 9.35. The maximum Gasteiger partial charge on any atom is 0.324 e. The summed E-state index contributed by atoms with van der Waals surface area (Å²) in [6.07, 6.45) is 0. The van der Waals surface area contributed by atoms with Crippen LogP contribution >= 0.6 is 34.8 Å². The zero-order valence-corrected chi connectivity index (χ0v) is 18.4. The van der Waals surface area contributed by atoms with Gasteiger partial charge < -0.3 is 9.15 Å². The fraction of sp³-hybridized carbons (Fsp3) is 0.167. The first kappa shape index (κ1) is 22.5. The molecule has 3 aromatic rings. The van der Waals surface area contributed by atoms with E-state index in [-0.39, 0.29) is 33.3 Å². The minimum atomic E-state index is -4.02. The average molecular weight is 491 g/mol. The van der Waals surface area contributed by atoms with E-state index in [1.165, 1.54) is 25.1 Å². The molecule has 0 aliphatic heterocycles. The number of rotatable bonds is 7. The van der Waals surface area contributed by atoms with Crippen molar-refractivity contribution in [1.82, 2.24) is 14.9 Å². The Kier molecular flexibility index (Phi) is 6.99. The van der Waals surface area contributed by atoms with E-state index < -0.39 is 22.0 Å². The highest BCUT2D eigenvalue weighted by atomic mass is 35.5. The quantitative estimate of drug-likeness (QED) is 0.496. The van der Waals surface area contributed by atoms with E-state index in [1.807, 2.05) is 0 Å². The molecule has 158 valence electrons. The lowest BCUT2D eigenvalue weighted by molar-refractivity contribution is -0.147. The van der Waals surface area contributed by atoms with E-state index in [9.17, 15) is 13.2 Å². The Bertz CT molecular complexity index is 1170. The summed E-state index contributed by atoms with van der Waals surface area (Å²) in [5.41, 5.74) is 0.646. The van der Waals surface area contributed by atoms with Crippen LogP contribution in [0.1, 0.15) is 12.8 Å². The summed E-state index contributed by atoms with van der Waals surface area (Å²) >= 11 is 17.5. The summed E-state index contributed by atoms with van der Waals surface area (Å²) < 4.78 is 37.5. The number of hydrogen-bond donors (Lipinski definition) is 1. The van der Waals surface area contributed by atoms with Gasteiger partial charge in [0.05, 0.1) is 14.9 Å². The number of hydrogen-bond acceptors (Lipinski definition) is 7. The van der Waals surface area contributed by atoms with Crippen molar-refractivity contribution in [3.05, 3.63) is 63.4 Å². The number of sulfonamides is 1. The van der Waals surface area contributed by atoms with Crippen LogP contribution in [0.15, 0.2) is 51.8 Å². The standard InChI is InChI=1S/C18H14Cl3N3O5S/c1-10(24-30(26,27)13-6-7-14(20)15(21)8-13)18(25)28-9-16-22-23-17(29-16)11-2-4-12(19)5-3-11/h2-8,10,24H,9H2,1H3/t10-/m0/s1. The Labute approximate surface area is 187 Å². The maximum absolute atomic E-state index is 12.4. The number of esters is 1. The van der Waals surface area contributed by atoms with Crippen LogP contribution in [-0.2, 0) is 26.2 Å². The topological polar surface area (TPSA) is 111 Å². The number of carbonyl (C=O) groups is 1. The Morgan fingerprint density at radius 3 is 2.47 bits per heavy atom. The zero-order chi connectivity index (χ0) is 21.9. The van der Waals surface area contributed by atoms with Crippen molar-refractivity contribution in [3.63, 3.8) is 0 Å². The van der Waals surface area contributed by atoms with Crippen molar-refractivity contribution >= 4 is 50.8 Å². The monoisotopic (exact) mass is 489 g/mol. The van der Waals surface area contributed by atoms with Crippen molar-refractivity contribution < 1.29 is 22.4 Å². The minimum Gasteiger partial charge on any atom is -0.454 e. The molecule has 0 fully saturated rings. The van der Waals surface area contributed by atoms with Crippen LogP contribution in [0.4, 0.5) is 0 Å². The lowest BCUT2D eigenvalue weighted by Gasteiger charge is -2.13. The summed E-state index contributed by atoms with van der Waals surface area (Å²) in [5, 5.41) is 8.50. The normalized spacial score (nSPS) is 12.5. The second kappa shape index (κ2) is 9.32. The number of ether oxygens (including phenoxy) is 1. The van der Waals surface area contributed by atoms with Crippen molar-refractivity contribution in [2.75, 3.05) is 0 Å². The molecule has 0 spiro atoms. The third-order valence-electron chi connectivity index (χ3n) is 3.78. The van der Waals surface area contributed by atoms with E-state index in [0.29, 0.717) is 10.6 Å². The molecular formula is C18H14Cl3N3O5S. The predicted molar refractivity (Wildman–Crippen MR) is 111 cm³/mol. The van der Waals surface area contributed by atoms with Crippen molar-refractivity contribution in [2.45, 2.75) is 24.5 Å². The molecular weight excluding hydrogens is 477 g/mol. The number of halogens is 3. The molecule has 0 unspecified atom stereocenters. The van der Waals surface area contributed by atoms with Crippen molar-refractivity contribution in [3.8, 4) is 11.5 Å². The molecule has 0 aliphatic rings. The van der Waals surface area contributed by atoms with Crippen LogP contribution < -0.4 is 4.72 Å². The second-order valence-electron chi connectivity index (χ2n) is 6.03. The smallest absolute Gasteiger partial charge is 0.324 e. The molecule has 30 heavy (non-hydrogen) atoms. The molecule has 0 bridgehead atoms. The number of nitrogens with one attached hydrogen (secondary N) is 1. The van der Waals surface area contributed by atoms with Crippen LogP contribution in [-0.4, -0.2) is 30.6 Å². The zero-order valence-electron chi connectivity index (χ0n) is 15.3. The first-order valence-electron chi connectivity index (χ1n) is 8.38. The lowest BCUT2D eigenvalue weighted by atomic mass is 10.2. The maximum atomic E-state index is 12.4. The van der Waals surface area contributed by atoms with Gasteiger partial charge in [-0.25, -0.2) is 8.42 Å². The Morgan fingerprint density at radius 1 is 1.10 bits per heavy atom. The molecule has 1 N–H and O–H groups in total. The summed E-state index contributed by atoms with van der Waals surface area (Å²) in [6.45, 7) is 1.02. The summed E-state index contributed by atoms with van der Waals surface area (Å²) in [7, 11) is -4.02. The lowest BCUT2D eigenvalue weighted by Crippen LogP contribution is -2.39. The third-order valence-corrected chi connectivity index (χ3v) is 6.31. The van der Waals surface area contributed by atoms with E-state index in [2.05, 4.69) is 14.9 Å². The predicted octanol–water partition coefficient (Wildman–Crippen LogP) is 4.11. The van der Waals surface area contributed by atoms with Gasteiger partial charge in [-0.05, 0) is 49.4 Å². The number of benzene rings is 2. The minimum absolute atomic E-state index is 0.0489. The molecule has 0 saturated carbocycles. The first-order valence-corrected chi connectivity index (χ1v) is 11.0. The van der Waals surface area contributed by atoms with Gasteiger partial charge in [-0.3, -0.25) is 4.79 Å². The van der Waals surface area contributed by atoms with Crippen LogP contribution in [0, 0.1) is 0 Å². The van der Waals surface area contributed by atoms with E-state index >= 15 is 0 Å². The summed E-state index contributed by atoms with van der Waals surface area (Å²) in [5.74, 6) is -0.552. The highest BCUT2D eigenvalue weighted by molar-refractivity contribution is 7.89. The molecule has 0 aliphatic carbocycles. The molecule has 0 saturated heterocycles. The molecule has 2 aromatic carbocycles. The number of carbonyl (C=O) groups excluding carboxylic acids is 1. The molecule has 1 atom stereocenters. The SMILES string of the molecule is C[C@H](NS(=O)(=O)c1ccc(Cl)c(Cl)c1)C(=O)OCc1nnc(-c2ccc(Cl)cc2)o1. The first-order chi connectivity index (χ1) is 14.2. The third kappa shape index (κ3) is 5.50. The van der Waals surface area contributed by atoms with Gasteiger partial charge in [-0.15, -0.1) is 10.2 Å². The van der Waals surface area contributed by atoms with Gasteiger partial charge in [0.2, 0.25) is 15.9 Å². The summed E-state index contributed by atoms with van der Waals surface area (Å²) in [4.78, 5) is 12.0. The van der Waals surface area contributed by atoms with Gasteiger partial charge in [0.1, 0.15) is 6.04 Å². The molecule has 12 heteroatoms. The van der Waals surface area contributed by atoms with Gasteiger partial charge in [0.15, 0.2) is 6.61 Å². The molecule has 1 aromatic heterocycles. The van der Waals surface area contributed by atoms with Gasteiger partial charge in [-0.1, -0.05) is 34.8 Å². The number of aromatic nitrogens is 2. The van der Waals surface area contributed by atoms with Crippen LogP contribution in [0.3, 0.4) is 0 Å². The second-order valence-corrected chi connectivity index (χ2v) is 9.00. The van der Waals surface area contributed by atoms with E-state index in [4.69, 9.17) is 44.0 Å². The highest BCUT2D eigenvalue weighted by Crippen LogP contribution is 2.25. The molecule has 1 heterocycles. The molecule has 0 amide bonds. The van der Waals surface area contributed by atoms with Crippen molar-refractivity contribution in [1.29, 1.82) is 0 Å². The van der Waals surface area contributed by atoms with Crippen LogP contribution in [0.5, 0.6) is 0 Å².